The third-order valence-corrected chi connectivity index (χ3v) is 4.25. The molecule has 1 aliphatic rings. The molecule has 0 aromatic heterocycles. The number of carbonyl (C=O) groups is 1. The summed E-state index contributed by atoms with van der Waals surface area (Å²) in [5, 5.41) is 11.1. The van der Waals surface area contributed by atoms with Crippen LogP contribution in [0.15, 0.2) is 18.2 Å². The van der Waals surface area contributed by atoms with E-state index in [1.165, 1.54) is 0 Å². The number of aliphatic hydroxyl groups is 1. The zero-order valence-corrected chi connectivity index (χ0v) is 13.7. The smallest absolute Gasteiger partial charge is 0.221 e. The van der Waals surface area contributed by atoms with E-state index in [9.17, 15) is 9.90 Å². The molecule has 7 heteroatoms. The average molecular weight is 347 g/mol. The predicted octanol–water partition coefficient (Wildman–Crippen LogP) is 1.93. The number of benzene rings is 1. The highest BCUT2D eigenvalue weighted by Crippen LogP contribution is 2.27. The van der Waals surface area contributed by atoms with Crippen LogP contribution in [0.1, 0.15) is 12.8 Å². The first-order chi connectivity index (χ1) is 10.5. The molecule has 1 aliphatic heterocycles. The van der Waals surface area contributed by atoms with Gasteiger partial charge in [-0.15, -0.1) is 0 Å². The molecular formula is C15H20Cl2N2O3. The molecule has 2 atom stereocenters. The minimum atomic E-state index is -0.679. The molecule has 2 rings (SSSR count). The SMILES string of the molecule is NC(=O)[C@@H]1CCCN(C[C@H](O)COc2cc(Cl)ccc2Cl)C1. The van der Waals surface area contributed by atoms with Crippen LogP contribution in [0, 0.1) is 5.92 Å². The molecule has 1 saturated heterocycles. The van der Waals surface area contributed by atoms with Crippen molar-refractivity contribution in [1.29, 1.82) is 0 Å². The van der Waals surface area contributed by atoms with Gasteiger partial charge in [-0.1, -0.05) is 23.2 Å². The number of hydrogen-bond acceptors (Lipinski definition) is 4. The van der Waals surface area contributed by atoms with Gasteiger partial charge in [-0.3, -0.25) is 9.69 Å². The van der Waals surface area contributed by atoms with Crippen LogP contribution < -0.4 is 10.5 Å². The molecule has 0 saturated carbocycles. The summed E-state index contributed by atoms with van der Waals surface area (Å²) >= 11 is 11.9. The van der Waals surface area contributed by atoms with Gasteiger partial charge >= 0.3 is 0 Å². The van der Waals surface area contributed by atoms with Gasteiger partial charge in [0, 0.05) is 24.2 Å². The normalized spacial score (nSPS) is 20.6. The molecule has 1 fully saturated rings. The number of likely N-dealkylation sites (tertiary alicyclic amines) is 1. The number of hydrogen-bond donors (Lipinski definition) is 2. The highest BCUT2D eigenvalue weighted by atomic mass is 35.5. The minimum absolute atomic E-state index is 0.109. The molecule has 1 aromatic rings. The van der Waals surface area contributed by atoms with Gasteiger partial charge in [-0.05, 0) is 31.5 Å². The van der Waals surface area contributed by atoms with Gasteiger partial charge in [0.2, 0.25) is 5.91 Å². The fourth-order valence-electron chi connectivity index (χ4n) is 2.58. The Morgan fingerprint density at radius 2 is 2.27 bits per heavy atom. The fraction of sp³-hybridized carbons (Fsp3) is 0.533. The second-order valence-electron chi connectivity index (χ2n) is 5.54. The van der Waals surface area contributed by atoms with Gasteiger partial charge in [0.1, 0.15) is 18.5 Å². The number of rotatable bonds is 6. The molecule has 3 N–H and O–H groups in total. The molecular weight excluding hydrogens is 327 g/mol. The van der Waals surface area contributed by atoms with E-state index in [1.807, 2.05) is 4.90 Å². The maximum atomic E-state index is 11.2. The number of β-amino-alcohol motifs (C(OH)–C–C–N with tert-alkyl or cyclic N) is 1. The third-order valence-electron chi connectivity index (χ3n) is 3.70. The summed E-state index contributed by atoms with van der Waals surface area (Å²) in [4.78, 5) is 13.3. The van der Waals surface area contributed by atoms with Gasteiger partial charge in [-0.25, -0.2) is 0 Å². The highest BCUT2D eigenvalue weighted by molar-refractivity contribution is 6.34. The lowest BCUT2D eigenvalue weighted by atomic mass is 9.97. The van der Waals surface area contributed by atoms with Gasteiger partial charge in [0.25, 0.3) is 0 Å². The molecule has 0 unspecified atom stereocenters. The Kier molecular flexibility index (Phi) is 6.32. The fourth-order valence-corrected chi connectivity index (χ4v) is 2.91. The van der Waals surface area contributed by atoms with Crippen molar-refractivity contribution in [3.8, 4) is 5.75 Å². The standard InChI is InChI=1S/C15H20Cl2N2O3/c16-11-3-4-13(17)14(6-11)22-9-12(20)8-19-5-1-2-10(7-19)15(18)21/h3-4,6,10,12,20H,1-2,5,7-9H2,(H2,18,21)/t10-,12+/m1/s1. The summed E-state index contributed by atoms with van der Waals surface area (Å²) in [6, 6.07) is 4.93. The van der Waals surface area contributed by atoms with Crippen molar-refractivity contribution in [3.63, 3.8) is 0 Å². The second kappa shape index (κ2) is 8.02. The maximum Gasteiger partial charge on any atom is 0.221 e. The average Bonchev–Trinajstić information content (AvgIpc) is 2.48. The molecule has 1 aromatic carbocycles. The van der Waals surface area contributed by atoms with E-state index >= 15 is 0 Å². The molecule has 5 nitrogen and oxygen atoms in total. The van der Waals surface area contributed by atoms with Crippen molar-refractivity contribution >= 4 is 29.1 Å². The number of primary amides is 1. The summed E-state index contributed by atoms with van der Waals surface area (Å²) in [5.74, 6) is 0.0345. The van der Waals surface area contributed by atoms with Gasteiger partial charge in [0.15, 0.2) is 0 Å². The van der Waals surface area contributed by atoms with E-state index in [1.54, 1.807) is 18.2 Å². The number of carbonyl (C=O) groups excluding carboxylic acids is 1. The van der Waals surface area contributed by atoms with Crippen LogP contribution in [0.5, 0.6) is 5.75 Å². The van der Waals surface area contributed by atoms with Crippen LogP contribution in [-0.4, -0.2) is 48.3 Å². The van der Waals surface area contributed by atoms with Crippen molar-refractivity contribution in [2.24, 2.45) is 11.7 Å². The lowest BCUT2D eigenvalue weighted by Crippen LogP contribution is -2.45. The van der Waals surface area contributed by atoms with Crippen LogP contribution >= 0.6 is 23.2 Å². The summed E-state index contributed by atoms with van der Waals surface area (Å²) in [6.45, 7) is 1.98. The van der Waals surface area contributed by atoms with Gasteiger partial charge < -0.3 is 15.6 Å². The number of amides is 1. The largest absolute Gasteiger partial charge is 0.489 e. The molecule has 0 bridgehead atoms. The monoisotopic (exact) mass is 346 g/mol. The number of nitrogens with zero attached hydrogens (tertiary/aromatic N) is 1. The lowest BCUT2D eigenvalue weighted by molar-refractivity contribution is -0.123. The first kappa shape index (κ1) is 17.3. The highest BCUT2D eigenvalue weighted by Gasteiger charge is 2.25. The molecule has 22 heavy (non-hydrogen) atoms. The minimum Gasteiger partial charge on any atom is -0.489 e. The van der Waals surface area contributed by atoms with Crippen LogP contribution in [0.3, 0.4) is 0 Å². The van der Waals surface area contributed by atoms with Crippen LogP contribution in [0.2, 0.25) is 10.0 Å². The Bertz CT molecular complexity index is 528. The van der Waals surface area contributed by atoms with Crippen molar-refractivity contribution < 1.29 is 14.6 Å². The van der Waals surface area contributed by atoms with E-state index in [2.05, 4.69) is 0 Å². The number of aliphatic hydroxyl groups excluding tert-OH is 1. The predicted molar refractivity (Wildman–Crippen MR) is 86.3 cm³/mol. The third kappa shape index (κ3) is 5.02. The van der Waals surface area contributed by atoms with Crippen LogP contribution in [-0.2, 0) is 4.79 Å². The number of nitrogens with two attached hydrogens (primary N) is 1. The Balaban J connectivity index is 1.81. The number of ether oxygens (including phenoxy) is 1. The maximum absolute atomic E-state index is 11.2. The van der Waals surface area contributed by atoms with Crippen LogP contribution in [0.4, 0.5) is 0 Å². The Hall–Kier alpha value is -1.01. The van der Waals surface area contributed by atoms with Gasteiger partial charge in [-0.2, -0.15) is 0 Å². The summed E-state index contributed by atoms with van der Waals surface area (Å²) in [5.41, 5.74) is 5.35. The zero-order valence-electron chi connectivity index (χ0n) is 12.2. The Morgan fingerprint density at radius 1 is 1.50 bits per heavy atom. The zero-order chi connectivity index (χ0) is 16.1. The lowest BCUT2D eigenvalue weighted by Gasteiger charge is -2.32. The summed E-state index contributed by atoms with van der Waals surface area (Å²) in [6.07, 6.45) is 1.04. The summed E-state index contributed by atoms with van der Waals surface area (Å²) in [7, 11) is 0. The molecule has 1 heterocycles. The van der Waals surface area contributed by atoms with Crippen molar-refractivity contribution in [2.45, 2.75) is 18.9 Å². The van der Waals surface area contributed by atoms with Crippen LogP contribution in [0.25, 0.3) is 0 Å². The molecule has 122 valence electrons. The van der Waals surface area contributed by atoms with Crippen molar-refractivity contribution in [1.82, 2.24) is 4.90 Å². The Labute approximate surface area is 139 Å². The Morgan fingerprint density at radius 3 is 3.00 bits per heavy atom. The first-order valence-corrected chi connectivity index (χ1v) is 7.99. The van der Waals surface area contributed by atoms with E-state index in [4.69, 9.17) is 33.7 Å². The van der Waals surface area contributed by atoms with Crippen molar-refractivity contribution in [3.05, 3.63) is 28.2 Å². The molecule has 1 amide bonds. The molecule has 0 spiro atoms. The first-order valence-electron chi connectivity index (χ1n) is 7.23. The quantitative estimate of drug-likeness (QED) is 0.825. The number of halogens is 2. The van der Waals surface area contributed by atoms with E-state index in [0.717, 1.165) is 19.4 Å². The van der Waals surface area contributed by atoms with E-state index in [-0.39, 0.29) is 18.4 Å². The van der Waals surface area contributed by atoms with E-state index in [0.29, 0.717) is 28.9 Å². The molecule has 0 radical (unpaired) electrons. The topological polar surface area (TPSA) is 75.8 Å². The number of piperidine rings is 1. The van der Waals surface area contributed by atoms with E-state index < -0.39 is 6.10 Å². The molecule has 0 aliphatic carbocycles. The van der Waals surface area contributed by atoms with Gasteiger partial charge in [0.05, 0.1) is 10.9 Å². The summed E-state index contributed by atoms with van der Waals surface area (Å²) < 4.78 is 5.51. The van der Waals surface area contributed by atoms with Crippen molar-refractivity contribution in [2.75, 3.05) is 26.2 Å². The second-order valence-corrected chi connectivity index (χ2v) is 6.38.